The molecule has 0 bridgehead atoms. The van der Waals surface area contributed by atoms with Crippen LogP contribution in [0.15, 0.2) is 18.3 Å². The number of ether oxygens (including phenoxy) is 1. The van der Waals surface area contributed by atoms with Gasteiger partial charge >= 0.3 is 0 Å². The minimum atomic E-state index is -0.0816. The number of hydrogen-bond donors (Lipinski definition) is 1. The maximum Gasteiger partial charge on any atom is 0.272 e. The van der Waals surface area contributed by atoms with E-state index in [1.165, 1.54) is 4.90 Å². The van der Waals surface area contributed by atoms with Gasteiger partial charge in [-0.2, -0.15) is 0 Å². The molecule has 110 valence electrons. The Morgan fingerprint density at radius 2 is 2.20 bits per heavy atom. The average molecular weight is 278 g/mol. The van der Waals surface area contributed by atoms with Crippen molar-refractivity contribution in [1.29, 1.82) is 0 Å². The highest BCUT2D eigenvalue weighted by Crippen LogP contribution is 2.09. The fourth-order valence-electron chi connectivity index (χ4n) is 2.07. The van der Waals surface area contributed by atoms with Crippen LogP contribution in [0.3, 0.4) is 0 Å². The molecule has 2 heterocycles. The molecular weight excluding hydrogens is 256 g/mol. The Bertz CT molecular complexity index is 445. The predicted octanol–water partition coefficient (Wildman–Crippen LogP) is 0.528. The Labute approximate surface area is 119 Å². The number of morpholine rings is 1. The number of amides is 1. The summed E-state index contributed by atoms with van der Waals surface area (Å²) in [6.07, 6.45) is 1.66. The van der Waals surface area contributed by atoms with E-state index in [2.05, 4.69) is 15.2 Å². The first kappa shape index (κ1) is 14.7. The van der Waals surface area contributed by atoms with Crippen molar-refractivity contribution in [3.8, 4) is 0 Å². The number of nitrogens with one attached hydrogen (secondary N) is 1. The van der Waals surface area contributed by atoms with Gasteiger partial charge in [-0.15, -0.1) is 0 Å². The quantitative estimate of drug-likeness (QED) is 0.851. The highest BCUT2D eigenvalue weighted by Gasteiger charge is 2.11. The standard InChI is InChI=1S/C14H22N4O2/c1-17(2)14(19)13-11-12(3-4-16-13)15-5-6-18-7-9-20-10-8-18/h3-4,11H,5-10H2,1-2H3,(H,15,16). The lowest BCUT2D eigenvalue weighted by Crippen LogP contribution is -2.39. The summed E-state index contributed by atoms with van der Waals surface area (Å²) in [6.45, 7) is 5.43. The number of pyridine rings is 1. The molecule has 0 radical (unpaired) electrons. The van der Waals surface area contributed by atoms with Crippen molar-refractivity contribution in [3.63, 3.8) is 0 Å². The van der Waals surface area contributed by atoms with Crippen LogP contribution in [0.4, 0.5) is 5.69 Å². The molecule has 1 aliphatic rings. The van der Waals surface area contributed by atoms with Crippen LogP contribution in [0.5, 0.6) is 0 Å². The van der Waals surface area contributed by atoms with Crippen LogP contribution >= 0.6 is 0 Å². The van der Waals surface area contributed by atoms with Gasteiger partial charge in [0.15, 0.2) is 0 Å². The van der Waals surface area contributed by atoms with Crippen molar-refractivity contribution in [3.05, 3.63) is 24.0 Å². The highest BCUT2D eigenvalue weighted by atomic mass is 16.5. The Morgan fingerprint density at radius 3 is 2.90 bits per heavy atom. The molecule has 1 amide bonds. The summed E-state index contributed by atoms with van der Waals surface area (Å²) in [5, 5.41) is 3.33. The lowest BCUT2D eigenvalue weighted by molar-refractivity contribution is 0.0398. The topological polar surface area (TPSA) is 57.7 Å². The number of nitrogens with zero attached hydrogens (tertiary/aromatic N) is 3. The van der Waals surface area contributed by atoms with Crippen molar-refractivity contribution in [2.75, 3.05) is 58.8 Å². The summed E-state index contributed by atoms with van der Waals surface area (Å²) in [5.41, 5.74) is 1.39. The second-order valence-corrected chi connectivity index (χ2v) is 5.01. The third kappa shape index (κ3) is 4.18. The summed E-state index contributed by atoms with van der Waals surface area (Å²) in [4.78, 5) is 19.8. The van der Waals surface area contributed by atoms with Crippen molar-refractivity contribution in [1.82, 2.24) is 14.8 Å². The van der Waals surface area contributed by atoms with E-state index in [9.17, 15) is 4.79 Å². The van der Waals surface area contributed by atoms with E-state index < -0.39 is 0 Å². The van der Waals surface area contributed by atoms with E-state index >= 15 is 0 Å². The van der Waals surface area contributed by atoms with Gasteiger partial charge in [0.05, 0.1) is 13.2 Å². The third-order valence-electron chi connectivity index (χ3n) is 3.25. The molecule has 20 heavy (non-hydrogen) atoms. The second kappa shape index (κ2) is 7.21. The lowest BCUT2D eigenvalue weighted by atomic mass is 10.3. The van der Waals surface area contributed by atoms with Crippen LogP contribution in [0.1, 0.15) is 10.5 Å². The molecule has 1 aliphatic heterocycles. The number of anilines is 1. The number of carbonyl (C=O) groups is 1. The molecule has 1 N–H and O–H groups in total. The van der Waals surface area contributed by atoms with Crippen LogP contribution in [-0.4, -0.2) is 74.2 Å². The van der Waals surface area contributed by atoms with Crippen molar-refractivity contribution in [2.45, 2.75) is 0 Å². The Morgan fingerprint density at radius 1 is 1.45 bits per heavy atom. The third-order valence-corrected chi connectivity index (χ3v) is 3.25. The van der Waals surface area contributed by atoms with Crippen LogP contribution in [0.25, 0.3) is 0 Å². The summed E-state index contributed by atoms with van der Waals surface area (Å²) in [7, 11) is 3.45. The molecule has 1 saturated heterocycles. The van der Waals surface area contributed by atoms with Crippen LogP contribution in [-0.2, 0) is 4.74 Å². The van der Waals surface area contributed by atoms with Gasteiger partial charge in [0.25, 0.3) is 5.91 Å². The fourth-order valence-corrected chi connectivity index (χ4v) is 2.07. The van der Waals surface area contributed by atoms with Gasteiger partial charge in [-0.25, -0.2) is 0 Å². The maximum atomic E-state index is 11.8. The first-order valence-electron chi connectivity index (χ1n) is 6.88. The number of carbonyl (C=O) groups excluding carboxylic acids is 1. The van der Waals surface area contributed by atoms with Crippen molar-refractivity contribution < 1.29 is 9.53 Å². The summed E-state index contributed by atoms with van der Waals surface area (Å²) >= 11 is 0. The van der Waals surface area contributed by atoms with E-state index in [-0.39, 0.29) is 5.91 Å². The van der Waals surface area contributed by atoms with E-state index in [0.29, 0.717) is 5.69 Å². The molecule has 0 atom stereocenters. The van der Waals surface area contributed by atoms with Gasteiger partial charge in [0.2, 0.25) is 0 Å². The SMILES string of the molecule is CN(C)C(=O)c1cc(NCCN2CCOCC2)ccn1. The van der Waals surface area contributed by atoms with E-state index in [1.54, 1.807) is 26.4 Å². The fraction of sp³-hybridized carbons (Fsp3) is 0.571. The molecule has 0 aliphatic carbocycles. The first-order valence-corrected chi connectivity index (χ1v) is 6.88. The van der Waals surface area contributed by atoms with Crippen LogP contribution in [0, 0.1) is 0 Å². The minimum absolute atomic E-state index is 0.0816. The molecule has 6 heteroatoms. The van der Waals surface area contributed by atoms with Crippen molar-refractivity contribution >= 4 is 11.6 Å². The summed E-state index contributed by atoms with van der Waals surface area (Å²) in [6, 6.07) is 3.67. The van der Waals surface area contributed by atoms with Gasteiger partial charge in [-0.05, 0) is 12.1 Å². The Kier molecular flexibility index (Phi) is 5.31. The predicted molar refractivity (Wildman–Crippen MR) is 78.0 cm³/mol. The molecule has 6 nitrogen and oxygen atoms in total. The molecule has 1 aromatic rings. The molecule has 0 aromatic carbocycles. The molecule has 2 rings (SSSR count). The summed E-state index contributed by atoms with van der Waals surface area (Å²) < 4.78 is 5.32. The lowest BCUT2D eigenvalue weighted by Gasteiger charge is -2.26. The number of rotatable bonds is 5. The molecule has 1 fully saturated rings. The molecule has 0 unspecified atom stereocenters. The Hall–Kier alpha value is -1.66. The van der Waals surface area contributed by atoms with Crippen molar-refractivity contribution in [2.24, 2.45) is 0 Å². The minimum Gasteiger partial charge on any atom is -0.384 e. The molecule has 1 aromatic heterocycles. The van der Waals surface area contributed by atoms with Gasteiger partial charge < -0.3 is 15.0 Å². The van der Waals surface area contributed by atoms with Gasteiger partial charge in [0.1, 0.15) is 5.69 Å². The first-order chi connectivity index (χ1) is 9.66. The second-order valence-electron chi connectivity index (χ2n) is 5.01. The smallest absolute Gasteiger partial charge is 0.272 e. The zero-order valence-electron chi connectivity index (χ0n) is 12.1. The van der Waals surface area contributed by atoms with Gasteiger partial charge in [-0.1, -0.05) is 0 Å². The number of hydrogen-bond acceptors (Lipinski definition) is 5. The zero-order valence-corrected chi connectivity index (χ0v) is 12.1. The van der Waals surface area contributed by atoms with E-state index in [0.717, 1.165) is 45.1 Å². The average Bonchev–Trinajstić information content (AvgIpc) is 2.48. The normalized spacial score (nSPS) is 15.9. The highest BCUT2D eigenvalue weighted by molar-refractivity contribution is 5.92. The monoisotopic (exact) mass is 278 g/mol. The Balaban J connectivity index is 1.83. The summed E-state index contributed by atoms with van der Waals surface area (Å²) in [5.74, 6) is -0.0816. The van der Waals surface area contributed by atoms with Gasteiger partial charge in [0, 0.05) is 52.2 Å². The maximum absolute atomic E-state index is 11.8. The van der Waals surface area contributed by atoms with Gasteiger partial charge in [-0.3, -0.25) is 14.7 Å². The zero-order chi connectivity index (χ0) is 14.4. The largest absolute Gasteiger partial charge is 0.384 e. The molecule has 0 spiro atoms. The van der Waals surface area contributed by atoms with Crippen LogP contribution < -0.4 is 5.32 Å². The van der Waals surface area contributed by atoms with E-state index in [4.69, 9.17) is 4.74 Å². The molecule has 0 saturated carbocycles. The molecular formula is C14H22N4O2. The van der Waals surface area contributed by atoms with Crippen LogP contribution in [0.2, 0.25) is 0 Å². The number of aromatic nitrogens is 1. The van der Waals surface area contributed by atoms with E-state index in [1.807, 2.05) is 6.07 Å².